The molecule has 270 valence electrons. The Morgan fingerprint density at radius 1 is 1.27 bits per heavy atom. The molecule has 0 aliphatic carbocycles. The van der Waals surface area contributed by atoms with Crippen LogP contribution in [0.2, 0.25) is 5.02 Å². The number of ether oxygens (including phenoxy) is 5. The minimum Gasteiger partial charge on any atom is -0.495 e. The smallest absolute Gasteiger partial charge is 0.407 e. The second kappa shape index (κ2) is 16.2. The number of hydrogen-bond donors (Lipinski definition) is 2. The minimum atomic E-state index is -1.11. The van der Waals surface area contributed by atoms with Gasteiger partial charge in [0.25, 0.3) is 0 Å². The number of carbonyl (C=O) groups excluding carboxylic acids is 4. The molecule has 1 N–H and O–H groups in total. The summed E-state index contributed by atoms with van der Waals surface area (Å²) < 4.78 is 29.4. The minimum absolute atomic E-state index is 0.151. The van der Waals surface area contributed by atoms with E-state index >= 15 is 0 Å². The Morgan fingerprint density at radius 2 is 1.98 bits per heavy atom. The molecule has 4 bridgehead atoms. The number of halogens is 1. The van der Waals surface area contributed by atoms with E-state index in [9.17, 15) is 19.2 Å². The van der Waals surface area contributed by atoms with Crippen molar-refractivity contribution >= 4 is 53.8 Å². The van der Waals surface area contributed by atoms with Crippen molar-refractivity contribution < 1.29 is 42.9 Å². The first-order chi connectivity index (χ1) is 23.1. The lowest BCUT2D eigenvalue weighted by molar-refractivity contribution is -0.161. The molecule has 2 saturated heterocycles. The van der Waals surface area contributed by atoms with Gasteiger partial charge in [-0.3, -0.25) is 9.59 Å². The molecule has 3 unspecified atom stereocenters. The molecule has 0 spiro atoms. The van der Waals surface area contributed by atoms with E-state index in [1.54, 1.807) is 28.0 Å². The van der Waals surface area contributed by atoms with Gasteiger partial charge in [0.15, 0.2) is 0 Å². The molecule has 14 heteroatoms. The van der Waals surface area contributed by atoms with Crippen LogP contribution in [-0.2, 0) is 39.8 Å². The van der Waals surface area contributed by atoms with E-state index in [0.29, 0.717) is 30.0 Å². The molecule has 1 aromatic carbocycles. The van der Waals surface area contributed by atoms with Crippen molar-refractivity contribution in [2.24, 2.45) is 5.92 Å². The molecule has 3 amide bonds. The molecule has 8 atom stereocenters. The average Bonchev–Trinajstić information content (AvgIpc) is 3.77. The van der Waals surface area contributed by atoms with Gasteiger partial charge >= 0.3 is 12.1 Å². The number of likely N-dealkylation sites (N-methyl/N-ethyl adjacent to an activating group) is 1. The van der Waals surface area contributed by atoms with Crippen molar-refractivity contribution in [1.82, 2.24) is 10.2 Å². The van der Waals surface area contributed by atoms with Crippen LogP contribution in [0.1, 0.15) is 52.5 Å². The lowest BCUT2D eigenvalue weighted by Gasteiger charge is -2.36. The summed E-state index contributed by atoms with van der Waals surface area (Å²) in [5, 5.41) is 3.13. The summed E-state index contributed by atoms with van der Waals surface area (Å²) in [4.78, 5) is 55.6. The maximum absolute atomic E-state index is 14.0. The van der Waals surface area contributed by atoms with Gasteiger partial charge in [-0.15, -0.1) is 0 Å². The van der Waals surface area contributed by atoms with Crippen LogP contribution in [0.4, 0.5) is 10.5 Å². The van der Waals surface area contributed by atoms with E-state index in [1.807, 2.05) is 44.2 Å². The van der Waals surface area contributed by atoms with Gasteiger partial charge in [-0.2, -0.15) is 12.6 Å². The molecular formula is C35H48ClN3O9S. The number of esters is 1. The van der Waals surface area contributed by atoms with Gasteiger partial charge in [0.05, 0.1) is 37.5 Å². The fraction of sp³-hybridized carbons (Fsp3) is 0.600. The molecule has 4 rings (SSSR count). The molecule has 12 nitrogen and oxygen atoms in total. The second-order valence-corrected chi connectivity index (χ2v) is 14.0. The van der Waals surface area contributed by atoms with Gasteiger partial charge in [-0.05, 0) is 50.6 Å². The number of rotatable bonds is 7. The number of anilines is 1. The van der Waals surface area contributed by atoms with Gasteiger partial charge in [0.2, 0.25) is 11.8 Å². The summed E-state index contributed by atoms with van der Waals surface area (Å²) in [6.45, 7) is 7.22. The van der Waals surface area contributed by atoms with Crippen molar-refractivity contribution in [3.05, 3.63) is 46.5 Å². The predicted molar refractivity (Wildman–Crippen MR) is 188 cm³/mol. The quantitative estimate of drug-likeness (QED) is 0.237. The number of carbonyl (C=O) groups is 4. The Hall–Kier alpha value is -3.26. The number of thiol groups is 1. The van der Waals surface area contributed by atoms with Crippen LogP contribution in [0.5, 0.6) is 5.75 Å². The number of nitrogens with zero attached hydrogens (tertiary/aromatic N) is 2. The topological polar surface area (TPSA) is 136 Å². The van der Waals surface area contributed by atoms with E-state index in [0.717, 1.165) is 11.1 Å². The van der Waals surface area contributed by atoms with E-state index in [1.165, 1.54) is 24.0 Å². The number of hydrogen-bond acceptors (Lipinski definition) is 10. The van der Waals surface area contributed by atoms with Crippen LogP contribution >= 0.6 is 24.2 Å². The Balaban J connectivity index is 1.75. The molecular weight excluding hydrogens is 674 g/mol. The van der Waals surface area contributed by atoms with Crippen molar-refractivity contribution in [3.63, 3.8) is 0 Å². The number of fused-ring (bicyclic) bond motifs is 5. The summed E-state index contributed by atoms with van der Waals surface area (Å²) >= 11 is 10.9. The number of nitrogens with one attached hydrogen (secondary N) is 1. The summed E-state index contributed by atoms with van der Waals surface area (Å²) in [5.41, 5.74) is 1.19. The highest BCUT2D eigenvalue weighted by Crippen LogP contribution is 2.49. The first kappa shape index (κ1) is 38.5. The number of methoxy groups -OCH3 is 2. The lowest BCUT2D eigenvalue weighted by atomic mass is 9.84. The Bertz CT molecular complexity index is 1490. The third kappa shape index (κ3) is 8.73. The Kier molecular flexibility index (Phi) is 12.7. The highest BCUT2D eigenvalue weighted by atomic mass is 35.5. The van der Waals surface area contributed by atoms with Gasteiger partial charge in [0, 0.05) is 40.0 Å². The standard InChI is InChI=1S/C35H48ClN3O9S/c1-19-10-9-11-25(44-7)23-17-26(46-34(43)37-23)20(2)32-35(4,48-32)28(47-33(42)21(3)38(5)29(40)12-13-49)18-30(41)39(6)24-15-22(14-19)16-27(45-8)31(24)36/h9-11,15-16,20-21,23,25-26,28,32,49H,12-14,17-18H2,1-8H3,(H,37,43)/b11-9+,19-10+/t20-,21+,23?,25-,26?,28+,32?,35+/m1/s1. The van der Waals surface area contributed by atoms with Crippen LogP contribution in [0.25, 0.3) is 0 Å². The maximum Gasteiger partial charge on any atom is 0.407 e. The molecule has 49 heavy (non-hydrogen) atoms. The number of epoxide rings is 1. The average molecular weight is 722 g/mol. The van der Waals surface area contributed by atoms with Crippen molar-refractivity contribution in [3.8, 4) is 5.75 Å². The summed E-state index contributed by atoms with van der Waals surface area (Å²) in [7, 11) is 6.21. The second-order valence-electron chi connectivity index (χ2n) is 13.2. The molecule has 0 saturated carbocycles. The van der Waals surface area contributed by atoms with Gasteiger partial charge in [-0.25, -0.2) is 9.59 Å². The molecule has 3 aliphatic rings. The van der Waals surface area contributed by atoms with Crippen LogP contribution in [-0.4, -0.2) is 105 Å². The van der Waals surface area contributed by atoms with Crippen LogP contribution in [0.3, 0.4) is 0 Å². The van der Waals surface area contributed by atoms with Gasteiger partial charge < -0.3 is 38.8 Å². The summed E-state index contributed by atoms with van der Waals surface area (Å²) in [6.07, 6.45) is 3.45. The number of benzene rings is 1. The van der Waals surface area contributed by atoms with Gasteiger partial charge in [-0.1, -0.05) is 42.3 Å². The fourth-order valence-electron chi connectivity index (χ4n) is 6.44. The highest BCUT2D eigenvalue weighted by Gasteiger charge is 2.64. The van der Waals surface area contributed by atoms with E-state index < -0.39 is 54.0 Å². The largest absolute Gasteiger partial charge is 0.495 e. The van der Waals surface area contributed by atoms with Crippen LogP contribution < -0.4 is 15.0 Å². The Morgan fingerprint density at radius 3 is 2.63 bits per heavy atom. The molecule has 2 fully saturated rings. The zero-order chi connectivity index (χ0) is 36.2. The van der Waals surface area contributed by atoms with Crippen molar-refractivity contribution in [2.75, 3.05) is 39.0 Å². The lowest BCUT2D eigenvalue weighted by Crippen LogP contribution is -2.53. The molecule has 1 aromatic rings. The summed E-state index contributed by atoms with van der Waals surface area (Å²) in [5.74, 6) is -0.958. The highest BCUT2D eigenvalue weighted by molar-refractivity contribution is 7.80. The first-order valence-electron chi connectivity index (χ1n) is 16.4. The van der Waals surface area contributed by atoms with Crippen LogP contribution in [0.15, 0.2) is 35.9 Å². The summed E-state index contributed by atoms with van der Waals surface area (Å²) in [6, 6.07) is 2.34. The van der Waals surface area contributed by atoms with E-state index in [4.69, 9.17) is 35.3 Å². The first-order valence-corrected chi connectivity index (χ1v) is 17.4. The number of alkyl carbamates (subject to hydrolysis) is 1. The predicted octanol–water partition coefficient (Wildman–Crippen LogP) is 4.51. The van der Waals surface area contributed by atoms with Crippen molar-refractivity contribution in [1.29, 1.82) is 0 Å². The van der Waals surface area contributed by atoms with E-state index in [2.05, 4.69) is 17.9 Å². The fourth-order valence-corrected chi connectivity index (χ4v) is 6.94. The van der Waals surface area contributed by atoms with Crippen molar-refractivity contribution in [2.45, 2.75) is 95.5 Å². The normalized spacial score (nSPS) is 31.2. The monoisotopic (exact) mass is 721 g/mol. The molecule has 3 aliphatic heterocycles. The third-order valence-corrected chi connectivity index (χ3v) is 10.4. The van der Waals surface area contributed by atoms with Gasteiger partial charge in [0.1, 0.15) is 34.6 Å². The molecule has 0 aromatic heterocycles. The Labute approximate surface area is 298 Å². The number of allylic oxidation sites excluding steroid dienone is 3. The zero-order valence-electron chi connectivity index (χ0n) is 29.4. The number of amides is 3. The zero-order valence-corrected chi connectivity index (χ0v) is 31.0. The molecule has 0 radical (unpaired) electrons. The maximum atomic E-state index is 14.0. The van der Waals surface area contributed by atoms with Crippen LogP contribution in [0, 0.1) is 5.92 Å². The SMILES string of the molecule is COc1cc2cc(c1Cl)N(C)C(=O)C[C@H](OC(=O)[C@H](C)N(C)C(=O)CCS)[C@]1(C)OC1[C@H](C)C1CC(NC(=O)O1)[C@H](OC)/C=C/C=C(\C)C2. The third-order valence-electron chi connectivity index (χ3n) is 9.77. The van der Waals surface area contributed by atoms with E-state index in [-0.39, 0.29) is 35.7 Å². The molecule has 3 heterocycles.